The van der Waals surface area contributed by atoms with Gasteiger partial charge in [-0.15, -0.1) is 0 Å². The summed E-state index contributed by atoms with van der Waals surface area (Å²) in [6.45, 7) is -0.0561. The Kier molecular flexibility index (Phi) is 6.57. The Labute approximate surface area is 148 Å². The van der Waals surface area contributed by atoms with E-state index in [4.69, 9.17) is 4.74 Å². The van der Waals surface area contributed by atoms with E-state index in [1.165, 1.54) is 12.0 Å². The molecule has 0 aromatic heterocycles. The van der Waals surface area contributed by atoms with Crippen LogP contribution in [0.25, 0.3) is 0 Å². The molecule has 5 heteroatoms. The zero-order valence-corrected chi connectivity index (χ0v) is 14.8. The second-order valence-electron chi connectivity index (χ2n) is 5.77. The normalized spacial score (nSPS) is 11.5. The summed E-state index contributed by atoms with van der Waals surface area (Å²) < 4.78 is 9.83. The molecule has 0 unspecified atom stereocenters. The van der Waals surface area contributed by atoms with Crippen molar-refractivity contribution in [2.75, 3.05) is 27.8 Å². The predicted octanol–water partition coefficient (Wildman–Crippen LogP) is 2.85. The van der Waals surface area contributed by atoms with E-state index >= 15 is 0 Å². The highest BCUT2D eigenvalue weighted by Crippen LogP contribution is 2.29. The zero-order valence-electron chi connectivity index (χ0n) is 14.8. The van der Waals surface area contributed by atoms with Crippen molar-refractivity contribution in [3.05, 3.63) is 65.7 Å². The molecule has 0 fully saturated rings. The van der Waals surface area contributed by atoms with E-state index in [1.807, 2.05) is 54.6 Å². The minimum Gasteiger partial charge on any atom is -0.497 e. The summed E-state index contributed by atoms with van der Waals surface area (Å²) in [6.07, 6.45) is 0.268. The van der Waals surface area contributed by atoms with Gasteiger partial charge in [0.2, 0.25) is 5.91 Å². The van der Waals surface area contributed by atoms with Crippen molar-refractivity contribution in [2.24, 2.45) is 0 Å². The molecule has 0 spiro atoms. The van der Waals surface area contributed by atoms with Gasteiger partial charge < -0.3 is 14.4 Å². The van der Waals surface area contributed by atoms with Crippen LogP contribution in [0.3, 0.4) is 0 Å². The molecule has 0 saturated heterocycles. The fourth-order valence-electron chi connectivity index (χ4n) is 2.63. The van der Waals surface area contributed by atoms with Crippen molar-refractivity contribution in [3.63, 3.8) is 0 Å². The van der Waals surface area contributed by atoms with E-state index in [0.717, 1.165) is 16.9 Å². The molecular weight excluding hydrogens is 318 g/mol. The van der Waals surface area contributed by atoms with Crippen molar-refractivity contribution >= 4 is 11.9 Å². The maximum absolute atomic E-state index is 12.6. The third kappa shape index (κ3) is 5.08. The number of esters is 1. The Bertz CT molecular complexity index is 697. The molecule has 0 saturated carbocycles. The van der Waals surface area contributed by atoms with Crippen LogP contribution in [-0.2, 0) is 14.3 Å². The van der Waals surface area contributed by atoms with Crippen molar-refractivity contribution in [1.82, 2.24) is 4.90 Å². The molecule has 1 amide bonds. The number of carbonyl (C=O) groups is 2. The summed E-state index contributed by atoms with van der Waals surface area (Å²) in [4.78, 5) is 25.4. The molecule has 132 valence electrons. The van der Waals surface area contributed by atoms with E-state index in [2.05, 4.69) is 4.74 Å². The highest BCUT2D eigenvalue weighted by Gasteiger charge is 2.21. The van der Waals surface area contributed by atoms with Crippen LogP contribution < -0.4 is 4.74 Å². The topological polar surface area (TPSA) is 55.8 Å². The van der Waals surface area contributed by atoms with Crippen LogP contribution in [0, 0.1) is 0 Å². The van der Waals surface area contributed by atoms with Crippen LogP contribution in [0.5, 0.6) is 5.75 Å². The van der Waals surface area contributed by atoms with Crippen molar-refractivity contribution in [3.8, 4) is 5.75 Å². The number of benzene rings is 2. The summed E-state index contributed by atoms with van der Waals surface area (Å²) in [7, 11) is 4.54. The Balaban J connectivity index is 2.23. The first-order chi connectivity index (χ1) is 12.0. The van der Waals surface area contributed by atoms with E-state index < -0.39 is 5.97 Å². The van der Waals surface area contributed by atoms with Crippen LogP contribution in [0.1, 0.15) is 23.5 Å². The quantitative estimate of drug-likeness (QED) is 0.727. The first-order valence-corrected chi connectivity index (χ1v) is 8.04. The monoisotopic (exact) mass is 341 g/mol. The Morgan fingerprint density at radius 3 is 2.12 bits per heavy atom. The second kappa shape index (κ2) is 8.87. The van der Waals surface area contributed by atoms with Gasteiger partial charge in [0.25, 0.3) is 0 Å². The number of rotatable bonds is 7. The van der Waals surface area contributed by atoms with Gasteiger partial charge in [-0.2, -0.15) is 0 Å². The first-order valence-electron chi connectivity index (χ1n) is 8.04. The van der Waals surface area contributed by atoms with Gasteiger partial charge in [-0.25, -0.2) is 0 Å². The molecule has 0 bridgehead atoms. The van der Waals surface area contributed by atoms with Gasteiger partial charge in [0, 0.05) is 19.4 Å². The van der Waals surface area contributed by atoms with Gasteiger partial charge in [-0.05, 0) is 23.3 Å². The summed E-state index contributed by atoms with van der Waals surface area (Å²) >= 11 is 0. The SMILES string of the molecule is COC(=O)CN(C)C(=O)C[C@@H](c1ccccc1)c1ccc(OC)cc1. The number of hydrogen-bond donors (Lipinski definition) is 0. The largest absolute Gasteiger partial charge is 0.497 e. The van der Waals surface area contributed by atoms with Crippen molar-refractivity contribution in [2.45, 2.75) is 12.3 Å². The molecule has 0 aliphatic heterocycles. The van der Waals surface area contributed by atoms with Gasteiger partial charge in [-0.1, -0.05) is 42.5 Å². The average molecular weight is 341 g/mol. The molecule has 5 nitrogen and oxygen atoms in total. The van der Waals surface area contributed by atoms with Crippen LogP contribution >= 0.6 is 0 Å². The predicted molar refractivity (Wildman–Crippen MR) is 95.5 cm³/mol. The molecular formula is C20H23NO4. The molecule has 2 aromatic carbocycles. The molecule has 25 heavy (non-hydrogen) atoms. The van der Waals surface area contributed by atoms with E-state index in [-0.39, 0.29) is 24.8 Å². The van der Waals surface area contributed by atoms with Gasteiger partial charge in [0.15, 0.2) is 0 Å². The smallest absolute Gasteiger partial charge is 0.325 e. The lowest BCUT2D eigenvalue weighted by atomic mass is 9.88. The number of methoxy groups -OCH3 is 2. The number of nitrogens with zero attached hydrogens (tertiary/aromatic N) is 1. The Morgan fingerprint density at radius 1 is 0.960 bits per heavy atom. The first kappa shape index (κ1) is 18.5. The fraction of sp³-hybridized carbons (Fsp3) is 0.300. The Morgan fingerprint density at radius 2 is 1.56 bits per heavy atom. The molecule has 0 aliphatic carbocycles. The number of hydrogen-bond acceptors (Lipinski definition) is 4. The van der Waals surface area contributed by atoms with Gasteiger partial charge in [0.1, 0.15) is 12.3 Å². The number of likely N-dealkylation sites (N-methyl/N-ethyl adjacent to an activating group) is 1. The van der Waals surface area contributed by atoms with Crippen LogP contribution in [-0.4, -0.2) is 44.6 Å². The molecule has 0 N–H and O–H groups in total. The molecule has 0 radical (unpaired) electrons. The van der Waals surface area contributed by atoms with Crippen molar-refractivity contribution in [1.29, 1.82) is 0 Å². The fourth-order valence-corrected chi connectivity index (χ4v) is 2.63. The van der Waals surface area contributed by atoms with E-state index in [9.17, 15) is 9.59 Å². The lowest BCUT2D eigenvalue weighted by Crippen LogP contribution is -2.33. The maximum Gasteiger partial charge on any atom is 0.325 e. The van der Waals surface area contributed by atoms with E-state index in [0.29, 0.717) is 0 Å². The number of carbonyl (C=O) groups excluding carboxylic acids is 2. The van der Waals surface area contributed by atoms with E-state index in [1.54, 1.807) is 14.2 Å². The van der Waals surface area contributed by atoms with Crippen molar-refractivity contribution < 1.29 is 19.1 Å². The molecule has 1 atom stereocenters. The summed E-state index contributed by atoms with van der Waals surface area (Å²) in [5, 5.41) is 0. The lowest BCUT2D eigenvalue weighted by molar-refractivity contribution is -0.146. The van der Waals surface area contributed by atoms with Crippen LogP contribution in [0.15, 0.2) is 54.6 Å². The molecule has 2 aromatic rings. The molecule has 0 aliphatic rings. The molecule has 0 heterocycles. The van der Waals surface area contributed by atoms with Crippen LogP contribution in [0.2, 0.25) is 0 Å². The Hall–Kier alpha value is -2.82. The zero-order chi connectivity index (χ0) is 18.2. The highest BCUT2D eigenvalue weighted by atomic mass is 16.5. The van der Waals surface area contributed by atoms with Crippen LogP contribution in [0.4, 0.5) is 0 Å². The second-order valence-corrected chi connectivity index (χ2v) is 5.77. The minimum atomic E-state index is -0.434. The molecule has 2 rings (SSSR count). The summed E-state index contributed by atoms with van der Waals surface area (Å²) in [6, 6.07) is 17.5. The van der Waals surface area contributed by atoms with Gasteiger partial charge in [0.05, 0.1) is 14.2 Å². The third-order valence-electron chi connectivity index (χ3n) is 4.12. The maximum atomic E-state index is 12.6. The average Bonchev–Trinajstić information content (AvgIpc) is 2.66. The minimum absolute atomic E-state index is 0.0561. The lowest BCUT2D eigenvalue weighted by Gasteiger charge is -2.22. The number of ether oxygens (including phenoxy) is 2. The van der Waals surface area contributed by atoms with Gasteiger partial charge in [-0.3, -0.25) is 9.59 Å². The summed E-state index contributed by atoms with van der Waals surface area (Å²) in [5.41, 5.74) is 2.07. The van der Waals surface area contributed by atoms with Gasteiger partial charge >= 0.3 is 5.97 Å². The third-order valence-corrected chi connectivity index (χ3v) is 4.12. The highest BCUT2D eigenvalue weighted by molar-refractivity contribution is 5.82. The summed E-state index contributed by atoms with van der Waals surface area (Å²) in [5.74, 6) is 0.121. The standard InChI is InChI=1S/C20H23NO4/c1-21(14-20(23)25-3)19(22)13-18(15-7-5-4-6-8-15)16-9-11-17(24-2)12-10-16/h4-12,18H,13-14H2,1-3H3/t18-/m0/s1. The number of amides is 1.